The average molecular weight is 221 g/mol. The monoisotopic (exact) mass is 221 g/mol. The summed E-state index contributed by atoms with van der Waals surface area (Å²) in [6.07, 6.45) is 0.950. The quantitative estimate of drug-likeness (QED) is 0.650. The molecule has 6 heteroatoms. The maximum absolute atomic E-state index is 11.6. The molecular weight excluding hydrogens is 202 g/mol. The van der Waals surface area contributed by atoms with E-state index < -0.39 is 10.2 Å². The predicted octanol–water partition coefficient (Wildman–Crippen LogP) is -0.618. The first-order valence-electron chi connectivity index (χ1n) is 4.99. The van der Waals surface area contributed by atoms with E-state index in [1.807, 2.05) is 7.05 Å². The largest absolute Gasteiger partial charge is 0.319 e. The van der Waals surface area contributed by atoms with E-state index in [1.54, 1.807) is 6.92 Å². The van der Waals surface area contributed by atoms with Gasteiger partial charge in [0.2, 0.25) is 0 Å². The van der Waals surface area contributed by atoms with Gasteiger partial charge < -0.3 is 5.32 Å². The molecule has 1 aliphatic heterocycles. The Hall–Kier alpha value is -0.170. The minimum atomic E-state index is -3.21. The lowest BCUT2D eigenvalue weighted by Gasteiger charge is -2.16. The molecule has 1 unspecified atom stereocenters. The van der Waals surface area contributed by atoms with E-state index in [9.17, 15) is 8.42 Å². The van der Waals surface area contributed by atoms with Gasteiger partial charge >= 0.3 is 0 Å². The summed E-state index contributed by atoms with van der Waals surface area (Å²) >= 11 is 0. The van der Waals surface area contributed by atoms with E-state index in [2.05, 4.69) is 10.0 Å². The Morgan fingerprint density at radius 3 is 2.79 bits per heavy atom. The summed E-state index contributed by atoms with van der Waals surface area (Å²) in [5.74, 6) is 0.452. The van der Waals surface area contributed by atoms with Gasteiger partial charge in [-0.05, 0) is 25.9 Å². The highest BCUT2D eigenvalue weighted by atomic mass is 32.2. The molecule has 84 valence electrons. The molecule has 0 amide bonds. The molecule has 1 rings (SSSR count). The van der Waals surface area contributed by atoms with Crippen LogP contribution in [0.5, 0.6) is 0 Å². The zero-order valence-electron chi connectivity index (χ0n) is 8.78. The van der Waals surface area contributed by atoms with E-state index in [0.29, 0.717) is 25.6 Å². The lowest BCUT2D eigenvalue weighted by Crippen LogP contribution is -2.39. The molecule has 0 aromatic heterocycles. The van der Waals surface area contributed by atoms with Crippen molar-refractivity contribution in [3.8, 4) is 0 Å². The smallest absolute Gasteiger partial charge is 0.279 e. The van der Waals surface area contributed by atoms with Crippen molar-refractivity contribution in [1.29, 1.82) is 0 Å². The predicted molar refractivity (Wildman–Crippen MR) is 56.2 cm³/mol. The summed E-state index contributed by atoms with van der Waals surface area (Å²) in [7, 11) is -1.32. The standard InChI is InChI=1S/C8H19N3O2S/c1-3-10-14(12,13)11-5-4-8(7-11)6-9-2/h8-10H,3-7H2,1-2H3. The lowest BCUT2D eigenvalue weighted by molar-refractivity contribution is 0.443. The first-order chi connectivity index (χ1) is 6.60. The third-order valence-electron chi connectivity index (χ3n) is 2.41. The van der Waals surface area contributed by atoms with Gasteiger partial charge in [-0.2, -0.15) is 12.7 Å². The molecule has 0 aliphatic carbocycles. The van der Waals surface area contributed by atoms with E-state index in [-0.39, 0.29) is 0 Å². The van der Waals surface area contributed by atoms with Crippen molar-refractivity contribution in [3.05, 3.63) is 0 Å². The maximum Gasteiger partial charge on any atom is 0.279 e. The van der Waals surface area contributed by atoms with Crippen LogP contribution in [-0.2, 0) is 10.2 Å². The Balaban J connectivity index is 2.49. The number of hydrogen-bond acceptors (Lipinski definition) is 3. The first kappa shape index (κ1) is 11.9. The van der Waals surface area contributed by atoms with Crippen LogP contribution in [0.15, 0.2) is 0 Å². The fraction of sp³-hybridized carbons (Fsp3) is 1.00. The highest BCUT2D eigenvalue weighted by Gasteiger charge is 2.30. The Morgan fingerprint density at radius 1 is 1.50 bits per heavy atom. The average Bonchev–Trinajstić information content (AvgIpc) is 2.54. The molecule has 1 heterocycles. The van der Waals surface area contributed by atoms with Crippen LogP contribution in [0.2, 0.25) is 0 Å². The van der Waals surface area contributed by atoms with Crippen LogP contribution < -0.4 is 10.0 Å². The van der Waals surface area contributed by atoms with Gasteiger partial charge in [0, 0.05) is 19.6 Å². The molecule has 0 spiro atoms. The van der Waals surface area contributed by atoms with Crippen molar-refractivity contribution in [2.45, 2.75) is 13.3 Å². The van der Waals surface area contributed by atoms with Gasteiger partial charge in [-0.25, -0.2) is 4.72 Å². The summed E-state index contributed by atoms with van der Waals surface area (Å²) in [4.78, 5) is 0. The highest BCUT2D eigenvalue weighted by Crippen LogP contribution is 2.17. The Bertz CT molecular complexity index is 266. The molecule has 1 aliphatic rings. The van der Waals surface area contributed by atoms with Gasteiger partial charge in [0.15, 0.2) is 0 Å². The molecule has 0 bridgehead atoms. The minimum absolute atomic E-state index is 0.452. The number of nitrogens with one attached hydrogen (secondary N) is 2. The summed E-state index contributed by atoms with van der Waals surface area (Å²) < 4.78 is 27.2. The van der Waals surface area contributed by atoms with Gasteiger partial charge in [-0.3, -0.25) is 0 Å². The van der Waals surface area contributed by atoms with Crippen molar-refractivity contribution in [3.63, 3.8) is 0 Å². The Labute approximate surface area is 86.0 Å². The summed E-state index contributed by atoms with van der Waals surface area (Å²) in [5, 5.41) is 3.07. The fourth-order valence-electron chi connectivity index (χ4n) is 1.74. The maximum atomic E-state index is 11.6. The van der Waals surface area contributed by atoms with E-state index >= 15 is 0 Å². The summed E-state index contributed by atoms with van der Waals surface area (Å²) in [5.41, 5.74) is 0. The molecule has 0 aromatic carbocycles. The number of rotatable bonds is 5. The highest BCUT2D eigenvalue weighted by molar-refractivity contribution is 7.87. The third kappa shape index (κ3) is 2.91. The van der Waals surface area contributed by atoms with Gasteiger partial charge in [0.25, 0.3) is 10.2 Å². The second-order valence-corrected chi connectivity index (χ2v) is 5.33. The second kappa shape index (κ2) is 5.06. The second-order valence-electron chi connectivity index (χ2n) is 3.57. The van der Waals surface area contributed by atoms with Crippen LogP contribution in [0.3, 0.4) is 0 Å². The summed E-state index contributed by atoms with van der Waals surface area (Å²) in [6, 6.07) is 0. The van der Waals surface area contributed by atoms with Crippen LogP contribution in [0, 0.1) is 5.92 Å². The van der Waals surface area contributed by atoms with Crippen molar-refractivity contribution >= 4 is 10.2 Å². The van der Waals surface area contributed by atoms with Crippen molar-refractivity contribution in [2.75, 3.05) is 33.2 Å². The van der Waals surface area contributed by atoms with Gasteiger partial charge in [0.05, 0.1) is 0 Å². The Kier molecular flexibility index (Phi) is 4.31. The van der Waals surface area contributed by atoms with Crippen LogP contribution in [0.25, 0.3) is 0 Å². The third-order valence-corrected chi connectivity index (χ3v) is 4.07. The molecule has 0 saturated carbocycles. The minimum Gasteiger partial charge on any atom is -0.319 e. The fourth-order valence-corrected chi connectivity index (χ4v) is 3.04. The first-order valence-corrected chi connectivity index (χ1v) is 6.43. The van der Waals surface area contributed by atoms with Crippen LogP contribution >= 0.6 is 0 Å². The Morgan fingerprint density at radius 2 is 2.21 bits per heavy atom. The van der Waals surface area contributed by atoms with Gasteiger partial charge in [-0.15, -0.1) is 0 Å². The molecule has 2 N–H and O–H groups in total. The van der Waals surface area contributed by atoms with E-state index in [1.165, 1.54) is 4.31 Å². The summed E-state index contributed by atoms with van der Waals surface area (Å²) in [6.45, 7) is 4.41. The lowest BCUT2D eigenvalue weighted by atomic mass is 10.1. The molecule has 0 aromatic rings. The van der Waals surface area contributed by atoms with Crippen molar-refractivity contribution in [1.82, 2.24) is 14.3 Å². The van der Waals surface area contributed by atoms with Crippen molar-refractivity contribution in [2.24, 2.45) is 5.92 Å². The van der Waals surface area contributed by atoms with E-state index in [0.717, 1.165) is 13.0 Å². The number of hydrogen-bond donors (Lipinski definition) is 2. The van der Waals surface area contributed by atoms with Crippen molar-refractivity contribution < 1.29 is 8.42 Å². The van der Waals surface area contributed by atoms with Gasteiger partial charge in [0.1, 0.15) is 0 Å². The molecule has 0 radical (unpaired) electrons. The van der Waals surface area contributed by atoms with Crippen LogP contribution in [0.4, 0.5) is 0 Å². The van der Waals surface area contributed by atoms with Crippen LogP contribution in [0.1, 0.15) is 13.3 Å². The molecular formula is C8H19N3O2S. The SMILES string of the molecule is CCNS(=O)(=O)N1CCC(CNC)C1. The molecule has 5 nitrogen and oxygen atoms in total. The molecule has 1 atom stereocenters. The zero-order valence-corrected chi connectivity index (χ0v) is 9.60. The molecule has 14 heavy (non-hydrogen) atoms. The van der Waals surface area contributed by atoms with E-state index in [4.69, 9.17) is 0 Å². The molecule has 1 fully saturated rings. The van der Waals surface area contributed by atoms with Gasteiger partial charge in [-0.1, -0.05) is 6.92 Å². The molecule has 1 saturated heterocycles. The van der Waals surface area contributed by atoms with Crippen LogP contribution in [-0.4, -0.2) is 45.9 Å². The topological polar surface area (TPSA) is 61.4 Å². The normalized spacial score (nSPS) is 24.3. The zero-order chi connectivity index (χ0) is 10.6. The number of nitrogens with zero attached hydrogens (tertiary/aromatic N) is 1.